The number of hydrogen-bond acceptors (Lipinski definition) is 3. The van der Waals surface area contributed by atoms with Crippen LogP contribution in [0.4, 0.5) is 5.69 Å². The van der Waals surface area contributed by atoms with E-state index in [4.69, 9.17) is 0 Å². The molecule has 0 bridgehead atoms. The Hall–Kier alpha value is 0.280. The van der Waals surface area contributed by atoms with Crippen molar-refractivity contribution in [3.63, 3.8) is 0 Å². The summed E-state index contributed by atoms with van der Waals surface area (Å²) in [5, 5.41) is 9.60. The van der Waals surface area contributed by atoms with E-state index < -0.39 is 0 Å². The summed E-state index contributed by atoms with van der Waals surface area (Å²) in [4.78, 5) is 15.5. The second-order valence-corrected chi connectivity index (χ2v) is 6.05. The number of hydrogen-bond donors (Lipinski definition) is 1. The summed E-state index contributed by atoms with van der Waals surface area (Å²) in [6, 6.07) is 3.38. The van der Waals surface area contributed by atoms with Gasteiger partial charge in [-0.2, -0.15) is 0 Å². The largest absolute Gasteiger partial charge is 0.506 e. The number of phenols is 1. The monoisotopic (exact) mass is 456 g/mol. The molecule has 1 aliphatic carbocycles. The number of halogens is 3. The van der Waals surface area contributed by atoms with Crippen molar-refractivity contribution in [3.05, 3.63) is 43.8 Å². The number of aliphatic imine (C=N–C) groups is 1. The molecule has 1 N–H and O–H groups in total. The third kappa shape index (κ3) is 4.37. The van der Waals surface area contributed by atoms with Crippen molar-refractivity contribution in [1.82, 2.24) is 0 Å². The molecular weight excluding hydrogens is 453 g/mol. The van der Waals surface area contributed by atoms with E-state index in [0.29, 0.717) is 24.8 Å². The molecule has 0 unspecified atom stereocenters. The van der Waals surface area contributed by atoms with Gasteiger partial charge in [-0.25, -0.2) is 4.99 Å². The Morgan fingerprint density at radius 2 is 1.63 bits per heavy atom. The molecule has 1 aromatic rings. The first-order valence-electron chi connectivity index (χ1n) is 4.83. The predicted octanol–water partition coefficient (Wildman–Crippen LogP) is 4.03. The average molecular weight is 459 g/mol. The third-order valence-corrected chi connectivity index (χ3v) is 4.01. The molecular formula is C12H6Br3NNaO2. The van der Waals surface area contributed by atoms with Gasteiger partial charge in [-0.15, -0.1) is 0 Å². The molecule has 0 aromatic heterocycles. The molecule has 0 heterocycles. The maximum Gasteiger partial charge on any atom is 0.179 e. The van der Waals surface area contributed by atoms with Crippen LogP contribution in [0.1, 0.15) is 0 Å². The van der Waals surface area contributed by atoms with Gasteiger partial charge in [-0.05, 0) is 72.1 Å². The standard InChI is InChI=1S/C12H6Br3NO2.Na/c13-8-5-7(17)1-2-11(8)16-6-3-9(14)12(18)10(15)4-6;/h1-5,18H;. The van der Waals surface area contributed by atoms with E-state index in [1.807, 2.05) is 0 Å². The first-order chi connectivity index (χ1) is 8.47. The summed E-state index contributed by atoms with van der Waals surface area (Å²) in [6.45, 7) is 0. The summed E-state index contributed by atoms with van der Waals surface area (Å²) < 4.78 is 1.73. The van der Waals surface area contributed by atoms with Gasteiger partial charge in [-0.3, -0.25) is 4.79 Å². The van der Waals surface area contributed by atoms with Gasteiger partial charge in [0.1, 0.15) is 5.75 Å². The zero-order valence-corrected chi connectivity index (χ0v) is 16.6. The van der Waals surface area contributed by atoms with Crippen LogP contribution in [0.3, 0.4) is 0 Å². The summed E-state index contributed by atoms with van der Waals surface area (Å²) >= 11 is 9.77. The van der Waals surface area contributed by atoms with Gasteiger partial charge in [-0.1, -0.05) is 0 Å². The molecule has 0 aliphatic heterocycles. The van der Waals surface area contributed by atoms with E-state index in [-0.39, 0.29) is 41.1 Å². The van der Waals surface area contributed by atoms with Crippen LogP contribution in [-0.4, -0.2) is 46.2 Å². The van der Waals surface area contributed by atoms with Crippen molar-refractivity contribution in [1.29, 1.82) is 0 Å². The van der Waals surface area contributed by atoms with Crippen molar-refractivity contribution < 1.29 is 9.90 Å². The van der Waals surface area contributed by atoms with E-state index in [1.165, 1.54) is 12.2 Å². The van der Waals surface area contributed by atoms with Gasteiger partial charge in [0.05, 0.1) is 20.3 Å². The molecule has 0 spiro atoms. The summed E-state index contributed by atoms with van der Waals surface area (Å²) in [7, 11) is 0. The Labute approximate surface area is 157 Å². The second kappa shape index (κ2) is 7.33. The predicted molar refractivity (Wildman–Crippen MR) is 87.5 cm³/mol. The molecule has 93 valence electrons. The molecule has 0 amide bonds. The first-order valence-corrected chi connectivity index (χ1v) is 7.21. The molecule has 0 atom stereocenters. The first kappa shape index (κ1) is 17.3. The van der Waals surface area contributed by atoms with Gasteiger partial charge in [0.2, 0.25) is 0 Å². The number of carbonyl (C=O) groups is 1. The molecule has 1 aliphatic rings. The number of rotatable bonds is 1. The van der Waals surface area contributed by atoms with Crippen molar-refractivity contribution in [2.24, 2.45) is 4.99 Å². The van der Waals surface area contributed by atoms with Crippen LogP contribution in [-0.2, 0) is 4.79 Å². The van der Waals surface area contributed by atoms with Crippen LogP contribution in [0, 0.1) is 0 Å². The molecule has 1 radical (unpaired) electrons. The number of carbonyl (C=O) groups excluding carboxylic acids is 1. The van der Waals surface area contributed by atoms with Gasteiger partial charge in [0.15, 0.2) is 5.78 Å². The quantitative estimate of drug-likeness (QED) is 0.510. The van der Waals surface area contributed by atoms with Crippen molar-refractivity contribution >= 4 is 94.5 Å². The van der Waals surface area contributed by atoms with E-state index in [9.17, 15) is 9.90 Å². The number of nitrogens with zero attached hydrogens (tertiary/aromatic N) is 1. The summed E-state index contributed by atoms with van der Waals surface area (Å²) in [5.74, 6) is 0.0526. The fraction of sp³-hybridized carbons (Fsp3) is 0. The Morgan fingerprint density at radius 3 is 2.16 bits per heavy atom. The Bertz CT molecular complexity index is 600. The maximum absolute atomic E-state index is 11.1. The van der Waals surface area contributed by atoms with E-state index in [0.717, 1.165) is 0 Å². The average Bonchev–Trinajstić information content (AvgIpc) is 2.29. The van der Waals surface area contributed by atoms with Crippen LogP contribution in [0.25, 0.3) is 0 Å². The molecule has 1 aromatic carbocycles. The van der Waals surface area contributed by atoms with Gasteiger partial charge in [0, 0.05) is 40.1 Å². The number of allylic oxidation sites excluding steroid dienone is 4. The number of phenolic OH excluding ortho intramolecular Hbond substituents is 1. The molecule has 0 saturated heterocycles. The minimum absolute atomic E-state index is 0. The second-order valence-electron chi connectivity index (χ2n) is 3.48. The number of ketones is 1. The van der Waals surface area contributed by atoms with Crippen LogP contribution in [0.2, 0.25) is 0 Å². The van der Waals surface area contributed by atoms with E-state index in [1.54, 1.807) is 18.2 Å². The fourth-order valence-corrected chi connectivity index (χ4v) is 2.94. The fourth-order valence-electron chi connectivity index (χ4n) is 1.33. The smallest absolute Gasteiger partial charge is 0.179 e. The van der Waals surface area contributed by atoms with Crippen molar-refractivity contribution in [2.45, 2.75) is 0 Å². The molecule has 0 fully saturated rings. The molecule has 7 heteroatoms. The van der Waals surface area contributed by atoms with Crippen LogP contribution >= 0.6 is 47.8 Å². The maximum atomic E-state index is 11.1. The summed E-state index contributed by atoms with van der Waals surface area (Å²) in [5.41, 5.74) is 1.31. The Balaban J connectivity index is 0.00000180. The number of aromatic hydroxyl groups is 1. The van der Waals surface area contributed by atoms with Crippen molar-refractivity contribution in [3.8, 4) is 5.75 Å². The minimum Gasteiger partial charge on any atom is -0.506 e. The minimum atomic E-state index is -0.0751. The Kier molecular flexibility index (Phi) is 6.69. The Morgan fingerprint density at radius 1 is 1.05 bits per heavy atom. The van der Waals surface area contributed by atoms with Crippen LogP contribution in [0.5, 0.6) is 5.75 Å². The van der Waals surface area contributed by atoms with Crippen molar-refractivity contribution in [2.75, 3.05) is 0 Å². The van der Waals surface area contributed by atoms with Gasteiger partial charge in [0.25, 0.3) is 0 Å². The third-order valence-electron chi connectivity index (χ3n) is 2.17. The molecule has 0 saturated carbocycles. The van der Waals surface area contributed by atoms with E-state index >= 15 is 0 Å². The van der Waals surface area contributed by atoms with Crippen LogP contribution < -0.4 is 0 Å². The van der Waals surface area contributed by atoms with E-state index in [2.05, 4.69) is 52.8 Å². The molecule has 3 nitrogen and oxygen atoms in total. The molecule has 19 heavy (non-hydrogen) atoms. The normalized spacial score (nSPS) is 16.3. The topological polar surface area (TPSA) is 49.7 Å². The molecule has 2 rings (SSSR count). The van der Waals surface area contributed by atoms with Gasteiger partial charge >= 0.3 is 0 Å². The number of benzene rings is 1. The SMILES string of the molecule is O=C1C=CC(=Nc2cc(Br)c(O)c(Br)c2)C(Br)=C1.[Na]. The van der Waals surface area contributed by atoms with Crippen LogP contribution in [0.15, 0.2) is 48.8 Å². The summed E-state index contributed by atoms with van der Waals surface area (Å²) in [6.07, 6.45) is 4.55. The zero-order chi connectivity index (χ0) is 13.3. The van der Waals surface area contributed by atoms with Gasteiger partial charge < -0.3 is 5.11 Å². The zero-order valence-electron chi connectivity index (χ0n) is 9.82.